The molecule has 0 radical (unpaired) electrons. The molecule has 0 unspecified atom stereocenters. The maximum atomic E-state index is 12.5. The Bertz CT molecular complexity index is 1190. The zero-order valence-corrected chi connectivity index (χ0v) is 14.9. The van der Waals surface area contributed by atoms with Gasteiger partial charge < -0.3 is 14.5 Å². The van der Waals surface area contributed by atoms with Gasteiger partial charge in [-0.2, -0.15) is 5.21 Å². The quantitative estimate of drug-likeness (QED) is 0.503. The number of carbonyl (C=O) groups excluding carboxylic acids is 1. The molecule has 0 aliphatic heterocycles. The van der Waals surface area contributed by atoms with E-state index >= 15 is 0 Å². The minimum absolute atomic E-state index is 0.0340. The molecule has 2 aromatic carbocycles. The number of alkyl halides is 3. The molecule has 0 spiro atoms. The van der Waals surface area contributed by atoms with Crippen molar-refractivity contribution in [2.45, 2.75) is 6.36 Å². The van der Waals surface area contributed by atoms with Gasteiger partial charge in [-0.1, -0.05) is 17.7 Å². The molecule has 29 heavy (non-hydrogen) atoms. The smallest absolute Gasteiger partial charge is 0.453 e. The number of furan rings is 1. The van der Waals surface area contributed by atoms with Gasteiger partial charge in [-0.05, 0) is 35.5 Å². The molecular weight excluding hydrogens is 415 g/mol. The molecule has 2 heterocycles. The van der Waals surface area contributed by atoms with E-state index in [1.165, 1.54) is 18.2 Å². The van der Waals surface area contributed by atoms with Crippen LogP contribution in [0.5, 0.6) is 5.75 Å². The second kappa shape index (κ2) is 7.09. The maximum Gasteiger partial charge on any atom is 0.573 e. The van der Waals surface area contributed by atoms with Crippen LogP contribution in [0.2, 0.25) is 5.02 Å². The lowest BCUT2D eigenvalue weighted by molar-refractivity contribution is -0.274. The van der Waals surface area contributed by atoms with Crippen LogP contribution in [-0.2, 0) is 0 Å². The van der Waals surface area contributed by atoms with Crippen molar-refractivity contribution in [3.63, 3.8) is 0 Å². The number of fused-ring (bicyclic) bond motifs is 1. The number of rotatable bonds is 4. The fraction of sp³-hybridized carbons (Fsp3) is 0.0588. The second-order valence-corrected chi connectivity index (χ2v) is 6.21. The van der Waals surface area contributed by atoms with Crippen LogP contribution in [0.25, 0.3) is 22.6 Å². The number of nitrogens with zero attached hydrogens (tertiary/aromatic N) is 3. The molecule has 0 aliphatic rings. The molecule has 0 saturated heterocycles. The van der Waals surface area contributed by atoms with Gasteiger partial charge in [0.25, 0.3) is 5.91 Å². The van der Waals surface area contributed by atoms with Gasteiger partial charge in [-0.3, -0.25) is 4.79 Å². The topological polar surface area (TPSA) is 106 Å². The summed E-state index contributed by atoms with van der Waals surface area (Å²) in [4.78, 5) is 12.5. The minimum atomic E-state index is -4.88. The highest BCUT2D eigenvalue weighted by atomic mass is 35.5. The Morgan fingerprint density at radius 2 is 2.00 bits per heavy atom. The number of amides is 1. The fourth-order valence-electron chi connectivity index (χ4n) is 2.58. The molecule has 0 aliphatic carbocycles. The van der Waals surface area contributed by atoms with Gasteiger partial charge in [0.15, 0.2) is 5.76 Å². The Hall–Kier alpha value is -3.60. The van der Waals surface area contributed by atoms with Gasteiger partial charge >= 0.3 is 6.36 Å². The summed E-state index contributed by atoms with van der Waals surface area (Å²) in [6, 6.07) is 9.63. The van der Waals surface area contributed by atoms with E-state index in [1.807, 2.05) is 0 Å². The van der Waals surface area contributed by atoms with Crippen molar-refractivity contribution in [1.29, 1.82) is 0 Å². The van der Waals surface area contributed by atoms with Gasteiger partial charge in [-0.15, -0.1) is 23.4 Å². The number of benzene rings is 2. The van der Waals surface area contributed by atoms with Crippen molar-refractivity contribution in [3.8, 4) is 17.3 Å². The molecule has 1 amide bonds. The first kappa shape index (κ1) is 18.7. The summed E-state index contributed by atoms with van der Waals surface area (Å²) in [6.45, 7) is 0. The highest BCUT2D eigenvalue weighted by Crippen LogP contribution is 2.30. The van der Waals surface area contributed by atoms with Crippen LogP contribution in [-0.4, -0.2) is 32.9 Å². The number of anilines is 1. The van der Waals surface area contributed by atoms with Crippen LogP contribution in [0, 0.1) is 0 Å². The number of nitrogens with one attached hydrogen (secondary N) is 2. The standard InChI is InChI=1S/C17H9ClF3N5O3/c18-10-5-11(7-12(6-10)29-17(19,20)21)22-16(27)9-2-1-8-3-14(28-13(8)4-9)15-23-25-26-24-15/h1-7H,(H,22,27)(H,23,24,25,26). The first-order valence-corrected chi connectivity index (χ1v) is 8.30. The van der Waals surface area contributed by atoms with Crippen molar-refractivity contribution < 1.29 is 27.1 Å². The van der Waals surface area contributed by atoms with Crippen molar-refractivity contribution >= 4 is 34.2 Å². The van der Waals surface area contributed by atoms with E-state index in [0.717, 1.165) is 12.1 Å². The fourth-order valence-corrected chi connectivity index (χ4v) is 2.80. The Morgan fingerprint density at radius 1 is 1.17 bits per heavy atom. The van der Waals surface area contributed by atoms with Crippen LogP contribution < -0.4 is 10.1 Å². The third-order valence-electron chi connectivity index (χ3n) is 3.71. The summed E-state index contributed by atoms with van der Waals surface area (Å²) in [5.74, 6) is -0.519. The number of aromatic nitrogens is 4. The molecule has 2 N–H and O–H groups in total. The third-order valence-corrected chi connectivity index (χ3v) is 3.93. The molecule has 4 rings (SSSR count). The Labute approximate surface area is 164 Å². The van der Waals surface area contributed by atoms with Crippen LogP contribution in [0.3, 0.4) is 0 Å². The number of aromatic amines is 1. The van der Waals surface area contributed by atoms with Crippen LogP contribution in [0.15, 0.2) is 46.9 Å². The van der Waals surface area contributed by atoms with E-state index in [2.05, 4.69) is 30.7 Å². The predicted octanol–water partition coefficient (Wildman–Crippen LogP) is 4.42. The molecule has 0 atom stereocenters. The molecule has 0 fully saturated rings. The Morgan fingerprint density at radius 3 is 2.72 bits per heavy atom. The van der Waals surface area contributed by atoms with Gasteiger partial charge in [0.05, 0.1) is 0 Å². The summed E-state index contributed by atoms with van der Waals surface area (Å²) in [7, 11) is 0. The zero-order valence-electron chi connectivity index (χ0n) is 14.1. The van der Waals surface area contributed by atoms with Gasteiger partial charge in [-0.25, -0.2) is 0 Å². The Balaban J connectivity index is 1.57. The van der Waals surface area contributed by atoms with Crippen molar-refractivity contribution in [3.05, 3.63) is 53.1 Å². The number of hydrogen-bond acceptors (Lipinski definition) is 6. The molecule has 8 nitrogen and oxygen atoms in total. The average molecular weight is 424 g/mol. The predicted molar refractivity (Wildman–Crippen MR) is 95.5 cm³/mol. The van der Waals surface area contributed by atoms with Crippen LogP contribution in [0.4, 0.5) is 18.9 Å². The van der Waals surface area contributed by atoms with Crippen LogP contribution >= 0.6 is 11.6 Å². The molecule has 0 saturated carbocycles. The summed E-state index contributed by atoms with van der Waals surface area (Å²) in [5, 5.41) is 16.5. The minimum Gasteiger partial charge on any atom is -0.453 e. The lowest BCUT2D eigenvalue weighted by Crippen LogP contribution is -2.17. The van der Waals surface area contributed by atoms with E-state index in [1.54, 1.807) is 12.1 Å². The van der Waals surface area contributed by atoms with E-state index in [0.29, 0.717) is 16.7 Å². The lowest BCUT2D eigenvalue weighted by atomic mass is 10.1. The van der Waals surface area contributed by atoms with Crippen molar-refractivity contribution in [2.24, 2.45) is 0 Å². The summed E-state index contributed by atoms with van der Waals surface area (Å²) in [6.07, 6.45) is -4.88. The van der Waals surface area contributed by atoms with Gasteiger partial charge in [0, 0.05) is 27.7 Å². The summed E-state index contributed by atoms with van der Waals surface area (Å²) < 4.78 is 46.7. The number of halogens is 4. The Kier molecular flexibility index (Phi) is 4.59. The van der Waals surface area contributed by atoms with E-state index in [4.69, 9.17) is 16.0 Å². The third kappa shape index (κ3) is 4.29. The maximum absolute atomic E-state index is 12.5. The highest BCUT2D eigenvalue weighted by molar-refractivity contribution is 6.31. The molecule has 148 valence electrons. The molecule has 0 bridgehead atoms. The number of H-pyrrole nitrogens is 1. The normalized spacial score (nSPS) is 11.6. The average Bonchev–Trinajstić information content (AvgIpc) is 3.28. The largest absolute Gasteiger partial charge is 0.573 e. The monoisotopic (exact) mass is 423 g/mol. The number of hydrogen-bond donors (Lipinski definition) is 2. The van der Waals surface area contributed by atoms with Crippen LogP contribution in [0.1, 0.15) is 10.4 Å². The van der Waals surface area contributed by atoms with Gasteiger partial charge in [0.2, 0.25) is 5.82 Å². The molecule has 12 heteroatoms. The SMILES string of the molecule is O=C(Nc1cc(Cl)cc(OC(F)(F)F)c1)c1ccc2cc(-c3nn[nH]n3)oc2c1. The van der Waals surface area contributed by atoms with E-state index in [-0.39, 0.29) is 22.1 Å². The molecular formula is C17H9ClF3N5O3. The van der Waals surface area contributed by atoms with Crippen molar-refractivity contribution in [2.75, 3.05) is 5.32 Å². The van der Waals surface area contributed by atoms with E-state index < -0.39 is 18.0 Å². The second-order valence-electron chi connectivity index (χ2n) is 5.78. The lowest BCUT2D eigenvalue weighted by Gasteiger charge is -2.11. The molecule has 2 aromatic heterocycles. The highest BCUT2D eigenvalue weighted by Gasteiger charge is 2.31. The van der Waals surface area contributed by atoms with Crippen molar-refractivity contribution in [1.82, 2.24) is 20.6 Å². The first-order valence-electron chi connectivity index (χ1n) is 7.92. The van der Waals surface area contributed by atoms with E-state index in [9.17, 15) is 18.0 Å². The number of tetrazole rings is 1. The summed E-state index contributed by atoms with van der Waals surface area (Å²) >= 11 is 5.80. The number of ether oxygens (including phenoxy) is 1. The molecule has 4 aromatic rings. The summed E-state index contributed by atoms with van der Waals surface area (Å²) in [5.41, 5.74) is 0.642. The zero-order chi connectivity index (χ0) is 20.6. The first-order chi connectivity index (χ1) is 13.8. The van der Waals surface area contributed by atoms with Gasteiger partial charge in [0.1, 0.15) is 11.3 Å². The number of carbonyl (C=O) groups is 1.